The van der Waals surface area contributed by atoms with Gasteiger partial charge in [-0.2, -0.15) is 4.98 Å². The monoisotopic (exact) mass is 523 g/mol. The number of nitrogens with zero attached hydrogens (tertiary/aromatic N) is 4. The summed E-state index contributed by atoms with van der Waals surface area (Å²) in [7, 11) is 3.71. The van der Waals surface area contributed by atoms with Gasteiger partial charge in [0.2, 0.25) is 5.95 Å². The van der Waals surface area contributed by atoms with Gasteiger partial charge in [0.05, 0.1) is 0 Å². The molecule has 1 aromatic heterocycles. The quantitative estimate of drug-likeness (QED) is 0.250. The molecule has 0 fully saturated rings. The van der Waals surface area contributed by atoms with E-state index < -0.39 is 12.4 Å². The fourth-order valence-electron chi connectivity index (χ4n) is 3.47. The van der Waals surface area contributed by atoms with E-state index in [0.717, 1.165) is 23.5 Å². The number of rotatable bonds is 7. The predicted molar refractivity (Wildman–Crippen MR) is 141 cm³/mol. The first-order valence-corrected chi connectivity index (χ1v) is 11.3. The van der Waals surface area contributed by atoms with Crippen LogP contribution in [0.1, 0.15) is 0 Å². The van der Waals surface area contributed by atoms with Crippen LogP contribution in [0.4, 0.5) is 58.2 Å². The van der Waals surface area contributed by atoms with E-state index in [1.54, 1.807) is 30.5 Å². The molecule has 2 amide bonds. The molecule has 0 aliphatic rings. The molecule has 4 rings (SSSR count). The number of alkyl halides is 3. The number of halogens is 3. The molecule has 0 radical (unpaired) electrons. The van der Waals surface area contributed by atoms with Gasteiger partial charge < -0.3 is 30.9 Å². The summed E-state index contributed by atoms with van der Waals surface area (Å²) in [6.45, 7) is 0. The lowest BCUT2D eigenvalue weighted by atomic mass is 10.2. The number of nitrogen functional groups attached to an aromatic ring is 1. The second-order valence-electron chi connectivity index (χ2n) is 8.13. The molecule has 0 aliphatic heterocycles. The van der Waals surface area contributed by atoms with Crippen molar-refractivity contribution < 1.29 is 22.7 Å². The molecule has 1 heterocycles. The first-order chi connectivity index (χ1) is 18.1. The molecule has 4 N–H and O–H groups in total. The van der Waals surface area contributed by atoms with Gasteiger partial charge in [0.15, 0.2) is 0 Å². The molecular weight excluding hydrogens is 499 g/mol. The Morgan fingerprint density at radius 1 is 0.868 bits per heavy atom. The molecule has 0 bridgehead atoms. The summed E-state index contributed by atoms with van der Waals surface area (Å²) in [5.41, 5.74) is 9.01. The van der Waals surface area contributed by atoms with Crippen LogP contribution in [0.2, 0.25) is 0 Å². The number of hydrogen-bond acceptors (Lipinski definition) is 7. The summed E-state index contributed by atoms with van der Waals surface area (Å²) >= 11 is 0. The SMILES string of the molecule is CN(c1ccc(NC(=O)Nc2ccc(OC(F)(F)F)cc2)cc1)c1ccnc(N(C)c2cccc(N)c2)n1. The normalized spacial score (nSPS) is 11.0. The maximum atomic E-state index is 12.3. The minimum absolute atomic E-state index is 0.302. The minimum Gasteiger partial charge on any atom is -0.406 e. The van der Waals surface area contributed by atoms with Crippen molar-refractivity contribution in [3.05, 3.63) is 85.1 Å². The highest BCUT2D eigenvalue weighted by Crippen LogP contribution is 2.27. The van der Waals surface area contributed by atoms with Crippen LogP contribution in [0.3, 0.4) is 0 Å². The van der Waals surface area contributed by atoms with E-state index >= 15 is 0 Å². The maximum absolute atomic E-state index is 12.3. The van der Waals surface area contributed by atoms with Crippen molar-refractivity contribution in [1.29, 1.82) is 0 Å². The summed E-state index contributed by atoms with van der Waals surface area (Å²) in [6, 6.07) is 20.5. The van der Waals surface area contributed by atoms with Crippen LogP contribution in [0.15, 0.2) is 85.1 Å². The molecule has 12 heteroatoms. The zero-order chi connectivity index (χ0) is 27.3. The van der Waals surface area contributed by atoms with E-state index in [0.29, 0.717) is 28.8 Å². The summed E-state index contributed by atoms with van der Waals surface area (Å²) in [6.07, 6.45) is -3.12. The van der Waals surface area contributed by atoms with E-state index in [4.69, 9.17) is 5.73 Å². The van der Waals surface area contributed by atoms with Crippen LogP contribution >= 0.6 is 0 Å². The first kappa shape index (κ1) is 26.1. The maximum Gasteiger partial charge on any atom is 0.573 e. The number of aromatic nitrogens is 2. The number of carbonyl (C=O) groups excluding carboxylic acids is 1. The topological polar surface area (TPSA) is 109 Å². The molecule has 196 valence electrons. The molecule has 0 unspecified atom stereocenters. The highest BCUT2D eigenvalue weighted by atomic mass is 19.4. The first-order valence-electron chi connectivity index (χ1n) is 11.3. The van der Waals surface area contributed by atoms with Crippen LogP contribution in [-0.2, 0) is 0 Å². The molecular formula is C26H24F3N7O2. The number of nitrogens with one attached hydrogen (secondary N) is 2. The van der Waals surface area contributed by atoms with Gasteiger partial charge in [-0.25, -0.2) is 9.78 Å². The largest absolute Gasteiger partial charge is 0.573 e. The average molecular weight is 524 g/mol. The van der Waals surface area contributed by atoms with E-state index in [1.165, 1.54) is 12.1 Å². The fraction of sp³-hybridized carbons (Fsp3) is 0.115. The lowest BCUT2D eigenvalue weighted by molar-refractivity contribution is -0.274. The van der Waals surface area contributed by atoms with E-state index in [1.807, 2.05) is 54.2 Å². The number of amides is 2. The zero-order valence-corrected chi connectivity index (χ0v) is 20.4. The van der Waals surface area contributed by atoms with Crippen LogP contribution in [0.5, 0.6) is 5.75 Å². The van der Waals surface area contributed by atoms with Gasteiger partial charge >= 0.3 is 12.4 Å². The molecule has 4 aromatic rings. The Hall–Kier alpha value is -5.00. The third-order valence-electron chi connectivity index (χ3n) is 5.39. The Kier molecular flexibility index (Phi) is 7.51. The Morgan fingerprint density at radius 3 is 2.11 bits per heavy atom. The Bertz CT molecular complexity index is 1400. The lowest BCUT2D eigenvalue weighted by Gasteiger charge is -2.22. The van der Waals surface area contributed by atoms with Crippen molar-refractivity contribution in [3.63, 3.8) is 0 Å². The van der Waals surface area contributed by atoms with Gasteiger partial charge in [0, 0.05) is 48.7 Å². The van der Waals surface area contributed by atoms with Crippen molar-refractivity contribution in [2.45, 2.75) is 6.36 Å². The number of benzene rings is 3. The number of ether oxygens (including phenoxy) is 1. The van der Waals surface area contributed by atoms with Gasteiger partial charge in [0.25, 0.3) is 0 Å². The molecule has 0 atom stereocenters. The lowest BCUT2D eigenvalue weighted by Crippen LogP contribution is -2.20. The van der Waals surface area contributed by atoms with Crippen molar-refractivity contribution in [2.24, 2.45) is 0 Å². The molecule has 3 aromatic carbocycles. The van der Waals surface area contributed by atoms with Crippen molar-refractivity contribution in [3.8, 4) is 5.75 Å². The molecule has 0 saturated carbocycles. The Morgan fingerprint density at radius 2 is 1.50 bits per heavy atom. The molecule has 9 nitrogen and oxygen atoms in total. The van der Waals surface area contributed by atoms with Gasteiger partial charge in [-0.1, -0.05) is 6.07 Å². The third kappa shape index (κ3) is 6.81. The van der Waals surface area contributed by atoms with Crippen LogP contribution < -0.4 is 30.9 Å². The summed E-state index contributed by atoms with van der Waals surface area (Å²) in [5.74, 6) is 0.769. The molecule has 38 heavy (non-hydrogen) atoms. The van der Waals surface area contributed by atoms with Crippen LogP contribution in [-0.4, -0.2) is 36.5 Å². The van der Waals surface area contributed by atoms with Gasteiger partial charge in [0.1, 0.15) is 11.6 Å². The van der Waals surface area contributed by atoms with E-state index in [-0.39, 0.29) is 5.75 Å². The number of nitrogens with two attached hydrogens (primary N) is 1. The minimum atomic E-state index is -4.78. The van der Waals surface area contributed by atoms with Crippen LogP contribution in [0.25, 0.3) is 0 Å². The summed E-state index contributed by atoms with van der Waals surface area (Å²) in [5, 5.41) is 5.22. The number of carbonyl (C=O) groups is 1. The summed E-state index contributed by atoms with van der Waals surface area (Å²) < 4.78 is 40.6. The highest BCUT2D eigenvalue weighted by Gasteiger charge is 2.31. The van der Waals surface area contributed by atoms with Crippen molar-refractivity contribution in [1.82, 2.24) is 9.97 Å². The summed E-state index contributed by atoms with van der Waals surface area (Å²) in [4.78, 5) is 25.0. The van der Waals surface area contributed by atoms with Crippen LogP contribution in [0, 0.1) is 0 Å². The van der Waals surface area contributed by atoms with Crippen molar-refractivity contribution in [2.75, 3.05) is 40.3 Å². The Labute approximate surface area is 216 Å². The second kappa shape index (κ2) is 10.9. The van der Waals surface area contributed by atoms with Crippen molar-refractivity contribution >= 4 is 46.2 Å². The number of anilines is 7. The standard InChI is InChI=1S/C26H24F3N7O2/c1-35(23-14-15-31-24(34-23)36(2)21-5-3-4-17(30)16-21)20-10-6-18(7-11-20)32-25(37)33-19-8-12-22(13-9-19)38-26(27,28)29/h3-16H,30H2,1-2H3,(H2,32,33,37). The fourth-order valence-corrected chi connectivity index (χ4v) is 3.47. The average Bonchev–Trinajstić information content (AvgIpc) is 2.88. The van der Waals surface area contributed by atoms with E-state index in [2.05, 4.69) is 25.3 Å². The zero-order valence-electron chi connectivity index (χ0n) is 20.4. The van der Waals surface area contributed by atoms with Gasteiger partial charge in [-0.05, 0) is 72.8 Å². The predicted octanol–water partition coefficient (Wildman–Crippen LogP) is 6.14. The van der Waals surface area contributed by atoms with Gasteiger partial charge in [-0.3, -0.25) is 0 Å². The smallest absolute Gasteiger partial charge is 0.406 e. The Balaban J connectivity index is 1.38. The number of urea groups is 1. The highest BCUT2D eigenvalue weighted by molar-refractivity contribution is 5.99. The number of hydrogen-bond donors (Lipinski definition) is 3. The molecule has 0 spiro atoms. The van der Waals surface area contributed by atoms with E-state index in [9.17, 15) is 18.0 Å². The van der Waals surface area contributed by atoms with Gasteiger partial charge in [-0.15, -0.1) is 13.2 Å². The third-order valence-corrected chi connectivity index (χ3v) is 5.39. The second-order valence-corrected chi connectivity index (χ2v) is 8.13. The molecule has 0 aliphatic carbocycles. The molecule has 0 saturated heterocycles.